The molecule has 0 radical (unpaired) electrons. The maximum atomic E-state index is 12.2. The largest absolute Gasteiger partial charge is 0.393 e. The van der Waals surface area contributed by atoms with Crippen LogP contribution in [-0.2, 0) is 0 Å². The minimum atomic E-state index is -0.279. The molecule has 0 bridgehead atoms. The van der Waals surface area contributed by atoms with Crippen LogP contribution in [0.1, 0.15) is 23.7 Å². The molecule has 0 aromatic heterocycles. The fourth-order valence-corrected chi connectivity index (χ4v) is 2.25. The Kier molecular flexibility index (Phi) is 3.74. The second kappa shape index (κ2) is 5.10. The topological polar surface area (TPSA) is 40.5 Å². The maximum absolute atomic E-state index is 12.2. The van der Waals surface area contributed by atoms with Crippen LogP contribution in [-0.4, -0.2) is 35.1 Å². The van der Waals surface area contributed by atoms with Crippen LogP contribution in [0.25, 0.3) is 0 Å². The van der Waals surface area contributed by atoms with Gasteiger partial charge in [0.2, 0.25) is 0 Å². The number of aliphatic hydroxyl groups excluding tert-OH is 1. The van der Waals surface area contributed by atoms with Crippen molar-refractivity contribution in [3.63, 3.8) is 0 Å². The van der Waals surface area contributed by atoms with E-state index in [1.807, 2.05) is 24.0 Å². The highest BCUT2D eigenvalue weighted by Gasteiger charge is 2.27. The van der Waals surface area contributed by atoms with Crippen LogP contribution in [0.5, 0.6) is 0 Å². The summed E-state index contributed by atoms with van der Waals surface area (Å²) in [5.74, 6) is 0.189. The number of hydrogen-bond donors (Lipinski definition) is 2. The van der Waals surface area contributed by atoms with Crippen LogP contribution in [0.4, 0.5) is 0 Å². The summed E-state index contributed by atoms with van der Waals surface area (Å²) in [4.78, 5) is 14.8. The lowest BCUT2D eigenvalue weighted by atomic mass is 9.96. The SMILES string of the molecule is CC1CN(C(=O)c2ccc(S)cc2)CCC1O. The number of piperidine rings is 1. The molecule has 92 valence electrons. The number of carbonyl (C=O) groups is 1. The van der Waals surface area contributed by atoms with Crippen molar-refractivity contribution in [2.75, 3.05) is 13.1 Å². The Bertz CT molecular complexity index is 404. The van der Waals surface area contributed by atoms with E-state index in [2.05, 4.69) is 12.6 Å². The van der Waals surface area contributed by atoms with Crippen LogP contribution >= 0.6 is 12.6 Å². The molecule has 2 atom stereocenters. The Labute approximate surface area is 107 Å². The average Bonchev–Trinajstić information content (AvgIpc) is 2.33. The van der Waals surface area contributed by atoms with Crippen LogP contribution in [0.3, 0.4) is 0 Å². The van der Waals surface area contributed by atoms with E-state index < -0.39 is 0 Å². The summed E-state index contributed by atoms with van der Waals surface area (Å²) in [5, 5.41) is 9.64. The molecule has 0 aliphatic carbocycles. The third kappa shape index (κ3) is 2.82. The Morgan fingerprint density at radius 3 is 2.65 bits per heavy atom. The zero-order valence-corrected chi connectivity index (χ0v) is 10.7. The van der Waals surface area contributed by atoms with Crippen molar-refractivity contribution < 1.29 is 9.90 Å². The lowest BCUT2D eigenvalue weighted by Crippen LogP contribution is -2.44. The van der Waals surface area contributed by atoms with Gasteiger partial charge in [-0.3, -0.25) is 4.79 Å². The van der Waals surface area contributed by atoms with E-state index in [0.717, 1.165) is 4.90 Å². The van der Waals surface area contributed by atoms with Crippen molar-refractivity contribution >= 4 is 18.5 Å². The first-order valence-electron chi connectivity index (χ1n) is 5.84. The predicted octanol–water partition coefficient (Wildman–Crippen LogP) is 1.82. The minimum absolute atomic E-state index is 0.0390. The first kappa shape index (κ1) is 12.5. The Morgan fingerprint density at radius 2 is 2.06 bits per heavy atom. The molecule has 0 spiro atoms. The highest BCUT2D eigenvalue weighted by atomic mass is 32.1. The monoisotopic (exact) mass is 251 g/mol. The lowest BCUT2D eigenvalue weighted by molar-refractivity contribution is 0.0297. The molecule has 17 heavy (non-hydrogen) atoms. The summed E-state index contributed by atoms with van der Waals surface area (Å²) >= 11 is 4.20. The van der Waals surface area contributed by atoms with E-state index in [9.17, 15) is 9.90 Å². The number of carbonyl (C=O) groups excluding carboxylic acids is 1. The van der Waals surface area contributed by atoms with Crippen molar-refractivity contribution in [2.45, 2.75) is 24.3 Å². The minimum Gasteiger partial charge on any atom is -0.393 e. The molecule has 1 amide bonds. The highest BCUT2D eigenvalue weighted by molar-refractivity contribution is 7.80. The number of likely N-dealkylation sites (tertiary alicyclic amines) is 1. The first-order chi connectivity index (χ1) is 8.08. The molecule has 1 heterocycles. The molecule has 1 saturated heterocycles. The van der Waals surface area contributed by atoms with Crippen LogP contribution in [0.2, 0.25) is 0 Å². The third-order valence-electron chi connectivity index (χ3n) is 3.26. The van der Waals surface area contributed by atoms with Crippen molar-refractivity contribution in [1.82, 2.24) is 4.90 Å². The molecule has 1 aromatic rings. The van der Waals surface area contributed by atoms with Gasteiger partial charge in [0.25, 0.3) is 5.91 Å². The Balaban J connectivity index is 2.08. The van der Waals surface area contributed by atoms with Crippen molar-refractivity contribution in [3.05, 3.63) is 29.8 Å². The summed E-state index contributed by atoms with van der Waals surface area (Å²) in [6.45, 7) is 3.23. The van der Waals surface area contributed by atoms with Gasteiger partial charge in [-0.05, 0) is 36.6 Å². The van der Waals surface area contributed by atoms with E-state index in [-0.39, 0.29) is 17.9 Å². The van der Waals surface area contributed by atoms with Gasteiger partial charge in [-0.15, -0.1) is 12.6 Å². The predicted molar refractivity (Wildman–Crippen MR) is 69.4 cm³/mol. The first-order valence-corrected chi connectivity index (χ1v) is 6.29. The number of rotatable bonds is 1. The molecular formula is C13H17NO2S. The molecule has 4 heteroatoms. The van der Waals surface area contributed by atoms with Crippen molar-refractivity contribution in [2.24, 2.45) is 5.92 Å². The van der Waals surface area contributed by atoms with Gasteiger partial charge in [-0.2, -0.15) is 0 Å². The molecule has 2 unspecified atom stereocenters. The van der Waals surface area contributed by atoms with Gasteiger partial charge in [0.15, 0.2) is 0 Å². The van der Waals surface area contributed by atoms with Gasteiger partial charge < -0.3 is 10.0 Å². The lowest BCUT2D eigenvalue weighted by Gasteiger charge is -2.34. The molecule has 1 aliphatic heterocycles. The average molecular weight is 251 g/mol. The van der Waals surface area contributed by atoms with Gasteiger partial charge in [0.1, 0.15) is 0 Å². The maximum Gasteiger partial charge on any atom is 0.253 e. The number of aliphatic hydroxyl groups is 1. The summed E-state index contributed by atoms with van der Waals surface area (Å²) in [6, 6.07) is 7.22. The summed E-state index contributed by atoms with van der Waals surface area (Å²) < 4.78 is 0. The fraction of sp³-hybridized carbons (Fsp3) is 0.462. The molecule has 1 N–H and O–H groups in total. The molecule has 2 rings (SSSR count). The Morgan fingerprint density at radius 1 is 1.41 bits per heavy atom. The molecular weight excluding hydrogens is 234 g/mol. The number of thiol groups is 1. The molecule has 3 nitrogen and oxygen atoms in total. The van der Waals surface area contributed by atoms with Crippen molar-refractivity contribution in [1.29, 1.82) is 0 Å². The van der Waals surface area contributed by atoms with Gasteiger partial charge in [0, 0.05) is 23.5 Å². The smallest absolute Gasteiger partial charge is 0.253 e. The quantitative estimate of drug-likeness (QED) is 0.747. The zero-order valence-electron chi connectivity index (χ0n) is 9.84. The number of nitrogens with zero attached hydrogens (tertiary/aromatic N) is 1. The van der Waals surface area contributed by atoms with Crippen LogP contribution in [0, 0.1) is 5.92 Å². The van der Waals surface area contributed by atoms with E-state index in [0.29, 0.717) is 25.1 Å². The number of amides is 1. The number of benzene rings is 1. The van der Waals surface area contributed by atoms with E-state index in [1.165, 1.54) is 0 Å². The molecule has 1 aliphatic rings. The summed E-state index contributed by atoms with van der Waals surface area (Å²) in [7, 11) is 0. The highest BCUT2D eigenvalue weighted by Crippen LogP contribution is 2.19. The molecule has 0 saturated carbocycles. The zero-order chi connectivity index (χ0) is 12.4. The van der Waals surface area contributed by atoms with Crippen molar-refractivity contribution in [3.8, 4) is 0 Å². The van der Waals surface area contributed by atoms with Gasteiger partial charge in [0.05, 0.1) is 6.10 Å². The van der Waals surface area contributed by atoms with E-state index >= 15 is 0 Å². The molecule has 1 fully saturated rings. The normalized spacial score (nSPS) is 24.8. The van der Waals surface area contributed by atoms with Gasteiger partial charge in [-0.25, -0.2) is 0 Å². The van der Waals surface area contributed by atoms with Gasteiger partial charge >= 0.3 is 0 Å². The van der Waals surface area contributed by atoms with E-state index in [1.54, 1.807) is 12.1 Å². The standard InChI is InChI=1S/C13H17NO2S/c1-9-8-14(7-6-12(9)15)13(16)10-2-4-11(17)5-3-10/h2-5,9,12,15,17H,6-8H2,1H3. The van der Waals surface area contributed by atoms with Crippen LogP contribution < -0.4 is 0 Å². The second-order valence-corrected chi connectivity index (χ2v) is 5.15. The van der Waals surface area contributed by atoms with E-state index in [4.69, 9.17) is 0 Å². The summed E-state index contributed by atoms with van der Waals surface area (Å²) in [5.41, 5.74) is 0.686. The fourth-order valence-electron chi connectivity index (χ4n) is 2.10. The van der Waals surface area contributed by atoms with Gasteiger partial charge in [-0.1, -0.05) is 6.92 Å². The third-order valence-corrected chi connectivity index (χ3v) is 3.56. The second-order valence-electron chi connectivity index (χ2n) is 4.63. The summed E-state index contributed by atoms with van der Waals surface area (Å²) in [6.07, 6.45) is 0.385. The Hall–Kier alpha value is -1.00. The number of hydrogen-bond acceptors (Lipinski definition) is 3. The molecule has 1 aromatic carbocycles. The van der Waals surface area contributed by atoms with Crippen LogP contribution in [0.15, 0.2) is 29.2 Å².